The van der Waals surface area contributed by atoms with Crippen molar-refractivity contribution in [3.8, 4) is 0 Å². The van der Waals surface area contributed by atoms with Crippen LogP contribution in [0.2, 0.25) is 5.02 Å². The van der Waals surface area contributed by atoms with Crippen molar-refractivity contribution in [1.29, 1.82) is 0 Å². The van der Waals surface area contributed by atoms with Gasteiger partial charge in [0.05, 0.1) is 11.6 Å². The number of benzene rings is 1. The van der Waals surface area contributed by atoms with Crippen LogP contribution in [-0.4, -0.2) is 16.6 Å². The average molecular weight is 332 g/mol. The minimum absolute atomic E-state index is 0.236. The van der Waals surface area contributed by atoms with Crippen molar-refractivity contribution in [2.24, 2.45) is 5.10 Å². The smallest absolute Gasteiger partial charge is 0.309 e. The van der Waals surface area contributed by atoms with Crippen molar-refractivity contribution in [2.75, 3.05) is 6.54 Å². The molecule has 2 aromatic rings. The molecule has 21 heavy (non-hydrogen) atoms. The number of aromatic nitrogens is 1. The van der Waals surface area contributed by atoms with Crippen LogP contribution in [0.15, 0.2) is 35.4 Å². The number of nitrogens with zero attached hydrogens (tertiary/aromatic N) is 2. The molecule has 3 rings (SSSR count). The third-order valence-corrected chi connectivity index (χ3v) is 4.28. The molecule has 3 nitrogen and oxygen atoms in total. The summed E-state index contributed by atoms with van der Waals surface area (Å²) in [6.45, 7) is 0.456. The van der Waals surface area contributed by atoms with Crippen LogP contribution in [-0.2, 0) is 6.18 Å². The Balaban J connectivity index is 1.90. The van der Waals surface area contributed by atoms with E-state index in [9.17, 15) is 13.2 Å². The molecule has 0 fully saturated rings. The predicted octanol–water partition coefficient (Wildman–Crippen LogP) is 3.91. The third-order valence-electron chi connectivity index (χ3n) is 3.13. The lowest BCUT2D eigenvalue weighted by Gasteiger charge is -2.09. The zero-order valence-corrected chi connectivity index (χ0v) is 12.1. The van der Waals surface area contributed by atoms with Crippen LogP contribution in [0.25, 0.3) is 0 Å². The van der Waals surface area contributed by atoms with E-state index in [1.807, 2.05) is 0 Å². The van der Waals surface area contributed by atoms with E-state index < -0.39 is 11.9 Å². The van der Waals surface area contributed by atoms with Gasteiger partial charge in [0.25, 0.3) is 0 Å². The number of hydrogen-bond donors (Lipinski definition) is 1. The predicted molar refractivity (Wildman–Crippen MR) is 75.8 cm³/mol. The van der Waals surface area contributed by atoms with Gasteiger partial charge in [-0.05, 0) is 35.3 Å². The zero-order chi connectivity index (χ0) is 15.0. The van der Waals surface area contributed by atoms with Crippen molar-refractivity contribution in [2.45, 2.75) is 12.1 Å². The first kappa shape index (κ1) is 14.3. The maximum Gasteiger partial charge on any atom is 0.434 e. The lowest BCUT2D eigenvalue weighted by atomic mass is 9.96. The summed E-state index contributed by atoms with van der Waals surface area (Å²) in [5.74, 6) is -0.236. The van der Waals surface area contributed by atoms with E-state index in [2.05, 4.69) is 14.9 Å². The molecule has 1 N–H and O–H groups in total. The number of nitrogens with one attached hydrogen (secondary N) is 1. The zero-order valence-electron chi connectivity index (χ0n) is 10.5. The van der Waals surface area contributed by atoms with Crippen molar-refractivity contribution in [3.63, 3.8) is 0 Å². The first-order valence-corrected chi connectivity index (χ1v) is 7.20. The van der Waals surface area contributed by atoms with Gasteiger partial charge in [-0.1, -0.05) is 23.7 Å². The van der Waals surface area contributed by atoms with Gasteiger partial charge in [0, 0.05) is 16.4 Å². The van der Waals surface area contributed by atoms with E-state index in [1.54, 1.807) is 24.3 Å². The Labute approximate surface area is 127 Å². The molecular formula is C13H9ClF3N3S. The van der Waals surface area contributed by atoms with Crippen molar-refractivity contribution in [3.05, 3.63) is 51.5 Å². The monoisotopic (exact) mass is 331 g/mol. The molecule has 110 valence electrons. The fourth-order valence-electron chi connectivity index (χ4n) is 2.11. The Morgan fingerprint density at radius 3 is 2.57 bits per heavy atom. The molecule has 1 aliphatic rings. The summed E-state index contributed by atoms with van der Waals surface area (Å²) in [4.78, 5) is 0.543. The van der Waals surface area contributed by atoms with Crippen molar-refractivity contribution >= 4 is 28.8 Å². The first-order chi connectivity index (χ1) is 9.95. The van der Waals surface area contributed by atoms with Crippen molar-refractivity contribution in [1.82, 2.24) is 9.80 Å². The molecule has 0 saturated heterocycles. The van der Waals surface area contributed by atoms with Gasteiger partial charge >= 0.3 is 6.18 Å². The van der Waals surface area contributed by atoms with E-state index >= 15 is 0 Å². The summed E-state index contributed by atoms with van der Waals surface area (Å²) in [6, 6.07) is 8.14. The van der Waals surface area contributed by atoms with Gasteiger partial charge in [0.2, 0.25) is 0 Å². The number of hydrogen-bond acceptors (Lipinski definition) is 4. The summed E-state index contributed by atoms with van der Waals surface area (Å²) in [5, 5.41) is 4.78. The second-order valence-electron chi connectivity index (χ2n) is 4.53. The van der Waals surface area contributed by atoms with E-state index in [-0.39, 0.29) is 5.92 Å². The van der Waals surface area contributed by atoms with Gasteiger partial charge in [0.15, 0.2) is 5.69 Å². The minimum Gasteiger partial charge on any atom is -0.309 e. The second-order valence-corrected chi connectivity index (χ2v) is 5.80. The molecule has 0 saturated carbocycles. The molecule has 1 atom stereocenters. The largest absolute Gasteiger partial charge is 0.434 e. The molecule has 0 aliphatic carbocycles. The topological polar surface area (TPSA) is 37.3 Å². The molecule has 0 radical (unpaired) electrons. The number of rotatable bonds is 2. The molecule has 8 heteroatoms. The minimum atomic E-state index is -4.42. The highest BCUT2D eigenvalue weighted by atomic mass is 35.5. The fourth-order valence-corrected chi connectivity index (χ4v) is 3.08. The third kappa shape index (κ3) is 2.89. The van der Waals surface area contributed by atoms with Gasteiger partial charge in [0.1, 0.15) is 0 Å². The van der Waals surface area contributed by atoms with Crippen LogP contribution in [0.5, 0.6) is 0 Å². The molecule has 1 aromatic carbocycles. The van der Waals surface area contributed by atoms with Crippen LogP contribution in [0, 0.1) is 0 Å². The van der Waals surface area contributed by atoms with E-state index in [0.29, 0.717) is 22.2 Å². The molecular weight excluding hydrogens is 323 g/mol. The highest BCUT2D eigenvalue weighted by Gasteiger charge is 2.36. The van der Waals surface area contributed by atoms with Crippen LogP contribution in [0.4, 0.5) is 13.2 Å². The number of alkyl halides is 3. The normalized spacial score (nSPS) is 18.5. The maximum atomic E-state index is 12.6. The van der Waals surface area contributed by atoms with E-state index in [1.165, 1.54) is 0 Å². The number of hydrazone groups is 1. The van der Waals surface area contributed by atoms with Gasteiger partial charge in [-0.3, -0.25) is 0 Å². The first-order valence-electron chi connectivity index (χ1n) is 6.05. The van der Waals surface area contributed by atoms with Gasteiger partial charge in [-0.25, -0.2) is 0 Å². The molecule has 2 heterocycles. The second kappa shape index (κ2) is 5.31. The fraction of sp³-hybridized carbons (Fsp3) is 0.231. The van der Waals surface area contributed by atoms with Crippen molar-refractivity contribution < 1.29 is 13.2 Å². The summed E-state index contributed by atoms with van der Waals surface area (Å²) in [5.41, 5.74) is 3.51. The number of halogens is 4. The molecule has 0 bridgehead atoms. The molecule has 0 spiro atoms. The molecule has 0 amide bonds. The van der Waals surface area contributed by atoms with Crippen LogP contribution >= 0.6 is 23.1 Å². The lowest BCUT2D eigenvalue weighted by molar-refractivity contribution is -0.140. The molecule has 1 unspecified atom stereocenters. The summed E-state index contributed by atoms with van der Waals surface area (Å²) < 4.78 is 41.4. The standard InChI is InChI=1S/C13H9ClF3N3S/c14-8-3-1-7(2-4-8)12-9(6-18-19-12)10-5-11(20-21-10)13(15,16)17/h1-5,9,18H,6H2. The quantitative estimate of drug-likeness (QED) is 0.906. The molecule has 1 aromatic heterocycles. The summed E-state index contributed by atoms with van der Waals surface area (Å²) >= 11 is 6.70. The molecule has 1 aliphatic heterocycles. The average Bonchev–Trinajstić information content (AvgIpc) is 3.07. The van der Waals surface area contributed by atoms with Gasteiger partial charge in [-0.15, -0.1) is 0 Å². The van der Waals surface area contributed by atoms with Gasteiger partial charge in [-0.2, -0.15) is 22.6 Å². The van der Waals surface area contributed by atoms with E-state index in [0.717, 1.165) is 23.2 Å². The maximum absolute atomic E-state index is 12.6. The Morgan fingerprint density at radius 1 is 1.24 bits per heavy atom. The SMILES string of the molecule is FC(F)(F)c1cc(C2CNN=C2c2ccc(Cl)cc2)sn1. The lowest BCUT2D eigenvalue weighted by Crippen LogP contribution is -2.13. The van der Waals surface area contributed by atoms with Crippen LogP contribution in [0.1, 0.15) is 22.1 Å². The van der Waals surface area contributed by atoms with Crippen LogP contribution < -0.4 is 5.43 Å². The Morgan fingerprint density at radius 2 is 1.95 bits per heavy atom. The Hall–Kier alpha value is -1.60. The Bertz CT molecular complexity index is 679. The van der Waals surface area contributed by atoms with Crippen LogP contribution in [0.3, 0.4) is 0 Å². The highest BCUT2D eigenvalue weighted by molar-refractivity contribution is 7.06. The van der Waals surface area contributed by atoms with Gasteiger partial charge < -0.3 is 5.43 Å². The Kier molecular flexibility index (Phi) is 3.62. The summed E-state index contributed by atoms with van der Waals surface area (Å²) in [7, 11) is 0. The van der Waals surface area contributed by atoms with E-state index in [4.69, 9.17) is 11.6 Å². The highest BCUT2D eigenvalue weighted by Crippen LogP contribution is 2.34. The summed E-state index contributed by atoms with van der Waals surface area (Å²) in [6.07, 6.45) is -4.42.